The molecule has 0 N–H and O–H groups in total. The molecule has 0 aromatic rings. The van der Waals surface area contributed by atoms with Gasteiger partial charge in [0.15, 0.2) is 9.84 Å². The van der Waals surface area contributed by atoms with Gasteiger partial charge >= 0.3 is 0 Å². The van der Waals surface area contributed by atoms with Crippen molar-refractivity contribution in [3.8, 4) is 0 Å². The standard InChI is InChI=1S/C14H27NO3S/c1-14(2,3)11-6-8-12(9-7-11)15(4)13(16)10-19(5,17)18/h11-12H,6-10H2,1-5H3. The van der Waals surface area contributed by atoms with Crippen LogP contribution in [0.3, 0.4) is 0 Å². The van der Waals surface area contributed by atoms with Gasteiger partial charge < -0.3 is 4.90 Å². The van der Waals surface area contributed by atoms with Gasteiger partial charge in [0.05, 0.1) is 0 Å². The highest BCUT2D eigenvalue weighted by Crippen LogP contribution is 2.38. The largest absolute Gasteiger partial charge is 0.342 e. The van der Waals surface area contributed by atoms with Crippen LogP contribution in [-0.4, -0.2) is 44.3 Å². The molecule has 0 spiro atoms. The van der Waals surface area contributed by atoms with Crippen LogP contribution in [0.5, 0.6) is 0 Å². The molecule has 1 saturated carbocycles. The number of hydrogen-bond donors (Lipinski definition) is 0. The predicted molar refractivity (Wildman–Crippen MR) is 77.7 cm³/mol. The van der Waals surface area contributed by atoms with Crippen molar-refractivity contribution in [2.24, 2.45) is 11.3 Å². The van der Waals surface area contributed by atoms with E-state index in [2.05, 4.69) is 20.8 Å². The van der Waals surface area contributed by atoms with Gasteiger partial charge in [-0.25, -0.2) is 8.42 Å². The first-order valence-corrected chi connectivity index (χ1v) is 9.00. The van der Waals surface area contributed by atoms with Crippen LogP contribution in [-0.2, 0) is 14.6 Å². The van der Waals surface area contributed by atoms with E-state index in [4.69, 9.17) is 0 Å². The van der Waals surface area contributed by atoms with E-state index < -0.39 is 9.84 Å². The quantitative estimate of drug-likeness (QED) is 0.799. The zero-order valence-electron chi connectivity index (χ0n) is 12.8. The molecule has 19 heavy (non-hydrogen) atoms. The maximum atomic E-state index is 11.9. The van der Waals surface area contributed by atoms with Crippen molar-refractivity contribution in [2.75, 3.05) is 19.1 Å². The monoisotopic (exact) mass is 289 g/mol. The van der Waals surface area contributed by atoms with Crippen molar-refractivity contribution >= 4 is 15.7 Å². The van der Waals surface area contributed by atoms with Crippen LogP contribution in [0, 0.1) is 11.3 Å². The minimum atomic E-state index is -3.23. The van der Waals surface area contributed by atoms with Crippen LogP contribution in [0.2, 0.25) is 0 Å². The highest BCUT2D eigenvalue weighted by molar-refractivity contribution is 7.91. The number of hydrogen-bond acceptors (Lipinski definition) is 3. The summed E-state index contributed by atoms with van der Waals surface area (Å²) < 4.78 is 22.3. The molecule has 1 aliphatic carbocycles. The minimum absolute atomic E-state index is 0.202. The van der Waals surface area contributed by atoms with Crippen LogP contribution in [0.25, 0.3) is 0 Å². The van der Waals surface area contributed by atoms with Gasteiger partial charge in [-0.1, -0.05) is 20.8 Å². The van der Waals surface area contributed by atoms with Crippen molar-refractivity contribution < 1.29 is 13.2 Å². The summed E-state index contributed by atoms with van der Waals surface area (Å²) in [5.41, 5.74) is 0.320. The van der Waals surface area contributed by atoms with Crippen molar-refractivity contribution in [1.29, 1.82) is 0 Å². The fourth-order valence-corrected chi connectivity index (χ4v) is 3.51. The van der Waals surface area contributed by atoms with Gasteiger partial charge in [0.1, 0.15) is 5.75 Å². The number of sulfone groups is 1. The Morgan fingerprint density at radius 1 is 1.16 bits per heavy atom. The van der Waals surface area contributed by atoms with Gasteiger partial charge in [-0.2, -0.15) is 0 Å². The maximum absolute atomic E-state index is 11.9. The molecule has 0 radical (unpaired) electrons. The molecule has 5 heteroatoms. The van der Waals surface area contributed by atoms with Crippen LogP contribution >= 0.6 is 0 Å². The Balaban J connectivity index is 2.54. The van der Waals surface area contributed by atoms with Gasteiger partial charge in [0.25, 0.3) is 0 Å². The molecule has 0 aromatic carbocycles. The molecule has 0 unspecified atom stereocenters. The molecule has 0 aliphatic heterocycles. The summed E-state index contributed by atoms with van der Waals surface area (Å²) in [6, 6.07) is 0.202. The molecule has 1 fully saturated rings. The predicted octanol–water partition coefficient (Wildman–Crippen LogP) is 2.09. The van der Waals surface area contributed by atoms with E-state index in [0.717, 1.165) is 31.9 Å². The zero-order valence-corrected chi connectivity index (χ0v) is 13.6. The van der Waals surface area contributed by atoms with E-state index in [1.54, 1.807) is 11.9 Å². The summed E-state index contributed by atoms with van der Waals surface area (Å²) >= 11 is 0. The molecule has 1 rings (SSSR count). The number of rotatable bonds is 3. The first-order valence-electron chi connectivity index (χ1n) is 6.94. The lowest BCUT2D eigenvalue weighted by Gasteiger charge is -2.39. The van der Waals surface area contributed by atoms with Gasteiger partial charge in [0.2, 0.25) is 5.91 Å². The fourth-order valence-electron chi connectivity index (χ4n) is 2.86. The number of nitrogens with zero attached hydrogens (tertiary/aromatic N) is 1. The third-order valence-corrected chi connectivity index (χ3v) is 5.02. The van der Waals surface area contributed by atoms with E-state index in [9.17, 15) is 13.2 Å². The molecule has 0 atom stereocenters. The first kappa shape index (κ1) is 16.5. The summed E-state index contributed by atoms with van der Waals surface area (Å²) in [4.78, 5) is 13.5. The Labute approximate surface area is 117 Å². The number of amides is 1. The average molecular weight is 289 g/mol. The van der Waals surface area contributed by atoms with E-state index in [0.29, 0.717) is 11.3 Å². The molecule has 1 amide bonds. The van der Waals surface area contributed by atoms with Gasteiger partial charge in [0, 0.05) is 19.3 Å². The summed E-state index contributed by atoms with van der Waals surface area (Å²) in [6.45, 7) is 6.78. The molecule has 112 valence electrons. The Hall–Kier alpha value is -0.580. The Morgan fingerprint density at radius 3 is 2.00 bits per heavy atom. The van der Waals surface area contributed by atoms with Crippen LogP contribution in [0.1, 0.15) is 46.5 Å². The molecule has 0 heterocycles. The highest BCUT2D eigenvalue weighted by atomic mass is 32.2. The lowest BCUT2D eigenvalue weighted by molar-refractivity contribution is -0.130. The highest BCUT2D eigenvalue weighted by Gasteiger charge is 2.32. The van der Waals surface area contributed by atoms with Gasteiger partial charge in [-0.15, -0.1) is 0 Å². The summed E-state index contributed by atoms with van der Waals surface area (Å²) in [6.07, 6.45) is 5.30. The number of carbonyl (C=O) groups excluding carboxylic acids is 1. The van der Waals surface area contributed by atoms with Crippen molar-refractivity contribution in [1.82, 2.24) is 4.90 Å². The molecule has 0 saturated heterocycles. The Morgan fingerprint density at radius 2 is 1.63 bits per heavy atom. The molecular weight excluding hydrogens is 262 g/mol. The molecular formula is C14H27NO3S. The summed E-state index contributed by atoms with van der Waals surface area (Å²) in [7, 11) is -1.50. The molecule has 1 aliphatic rings. The van der Waals surface area contributed by atoms with Gasteiger partial charge in [-0.05, 0) is 37.0 Å². The van der Waals surface area contributed by atoms with E-state index in [1.807, 2.05) is 0 Å². The topological polar surface area (TPSA) is 54.5 Å². The average Bonchev–Trinajstić information content (AvgIpc) is 2.24. The molecule has 0 bridgehead atoms. The lowest BCUT2D eigenvalue weighted by atomic mass is 9.71. The maximum Gasteiger partial charge on any atom is 0.237 e. The second-order valence-electron chi connectivity index (χ2n) is 6.95. The van der Waals surface area contributed by atoms with Crippen molar-refractivity contribution in [3.63, 3.8) is 0 Å². The summed E-state index contributed by atoms with van der Waals surface area (Å²) in [5.74, 6) is 0.0479. The van der Waals surface area contributed by atoms with E-state index >= 15 is 0 Å². The SMILES string of the molecule is CN(C(=O)CS(C)(=O)=O)C1CCC(C(C)(C)C)CC1. The third kappa shape index (κ3) is 5.13. The molecule has 4 nitrogen and oxygen atoms in total. The smallest absolute Gasteiger partial charge is 0.237 e. The van der Waals surface area contributed by atoms with Crippen LogP contribution in [0.4, 0.5) is 0 Å². The lowest BCUT2D eigenvalue weighted by Crippen LogP contribution is -2.43. The Bertz CT molecular complexity index is 414. The van der Waals surface area contributed by atoms with Gasteiger partial charge in [-0.3, -0.25) is 4.79 Å². The fraction of sp³-hybridized carbons (Fsp3) is 0.929. The Kier molecular flexibility index (Phi) is 5.04. The second kappa shape index (κ2) is 5.81. The minimum Gasteiger partial charge on any atom is -0.342 e. The number of carbonyl (C=O) groups is 1. The summed E-state index contributed by atoms with van der Waals surface area (Å²) in [5, 5.41) is 0. The normalized spacial score (nSPS) is 25.1. The van der Waals surface area contributed by atoms with Crippen molar-refractivity contribution in [2.45, 2.75) is 52.5 Å². The van der Waals surface area contributed by atoms with E-state index in [1.165, 1.54) is 0 Å². The molecule has 0 aromatic heterocycles. The zero-order chi connectivity index (χ0) is 14.8. The van der Waals surface area contributed by atoms with Crippen LogP contribution in [0.15, 0.2) is 0 Å². The first-order chi connectivity index (χ1) is 8.50. The van der Waals surface area contributed by atoms with E-state index in [-0.39, 0.29) is 17.7 Å². The van der Waals surface area contributed by atoms with Crippen LogP contribution < -0.4 is 0 Å². The second-order valence-corrected chi connectivity index (χ2v) is 9.09. The third-order valence-electron chi connectivity index (χ3n) is 4.25. The van der Waals surface area contributed by atoms with Crippen molar-refractivity contribution in [3.05, 3.63) is 0 Å².